The summed E-state index contributed by atoms with van der Waals surface area (Å²) in [4.78, 5) is 32.3. The molecule has 2 saturated heterocycles. The van der Waals surface area contributed by atoms with Crippen molar-refractivity contribution in [1.82, 2.24) is 9.88 Å². The first-order valence-electron chi connectivity index (χ1n) is 8.70. The van der Waals surface area contributed by atoms with Crippen molar-refractivity contribution in [3.63, 3.8) is 0 Å². The minimum atomic E-state index is -3.08. The van der Waals surface area contributed by atoms with Gasteiger partial charge in [-0.2, -0.15) is 0 Å². The minimum Gasteiger partial charge on any atom is -0.452 e. The molecule has 8 nitrogen and oxygen atoms in total. The lowest BCUT2D eigenvalue weighted by molar-refractivity contribution is -0.134. The summed E-state index contributed by atoms with van der Waals surface area (Å²) >= 11 is 0. The van der Waals surface area contributed by atoms with Crippen molar-refractivity contribution in [3.05, 3.63) is 23.9 Å². The highest BCUT2D eigenvalue weighted by atomic mass is 32.2. The highest BCUT2D eigenvalue weighted by molar-refractivity contribution is 7.91. The molecule has 1 aromatic heterocycles. The molecule has 26 heavy (non-hydrogen) atoms. The van der Waals surface area contributed by atoms with Gasteiger partial charge in [-0.3, -0.25) is 4.79 Å². The molecule has 0 aliphatic carbocycles. The Morgan fingerprint density at radius 3 is 2.73 bits per heavy atom. The number of ether oxygens (including phenoxy) is 1. The number of pyridine rings is 1. The topological polar surface area (TPSA) is 96.9 Å². The third kappa shape index (κ3) is 4.14. The summed E-state index contributed by atoms with van der Waals surface area (Å²) in [6.07, 6.45) is 4.15. The number of amides is 1. The first kappa shape index (κ1) is 18.6. The van der Waals surface area contributed by atoms with Crippen molar-refractivity contribution in [2.24, 2.45) is 0 Å². The number of hydrogen-bond acceptors (Lipinski definition) is 7. The lowest BCUT2D eigenvalue weighted by Crippen LogP contribution is -2.40. The predicted octanol–water partition coefficient (Wildman–Crippen LogP) is 0.484. The number of hydrogen-bond donors (Lipinski definition) is 0. The van der Waals surface area contributed by atoms with Gasteiger partial charge in [0.15, 0.2) is 16.4 Å². The van der Waals surface area contributed by atoms with Gasteiger partial charge in [-0.25, -0.2) is 18.2 Å². The van der Waals surface area contributed by atoms with Gasteiger partial charge >= 0.3 is 5.97 Å². The van der Waals surface area contributed by atoms with Crippen LogP contribution in [-0.4, -0.2) is 74.5 Å². The van der Waals surface area contributed by atoms with Gasteiger partial charge in [-0.1, -0.05) is 0 Å². The van der Waals surface area contributed by atoms with Crippen molar-refractivity contribution < 1.29 is 22.7 Å². The Hall–Kier alpha value is -2.16. The molecule has 9 heteroatoms. The summed E-state index contributed by atoms with van der Waals surface area (Å²) < 4.78 is 28.3. The minimum absolute atomic E-state index is 0.0368. The lowest BCUT2D eigenvalue weighted by atomic mass is 10.2. The molecule has 0 bridgehead atoms. The summed E-state index contributed by atoms with van der Waals surface area (Å²) in [7, 11) is -1.54. The van der Waals surface area contributed by atoms with Crippen LogP contribution in [0.25, 0.3) is 0 Å². The number of rotatable bonds is 5. The monoisotopic (exact) mass is 381 g/mol. The van der Waals surface area contributed by atoms with E-state index in [9.17, 15) is 18.0 Å². The number of likely N-dealkylation sites (N-methyl/N-ethyl adjacent to an activating group) is 1. The maximum atomic E-state index is 12.4. The number of sulfone groups is 1. The van der Waals surface area contributed by atoms with Gasteiger partial charge in [0, 0.05) is 32.4 Å². The molecule has 0 spiro atoms. The normalized spacial score (nSPS) is 21.6. The summed E-state index contributed by atoms with van der Waals surface area (Å²) in [6.45, 7) is 1.27. The Morgan fingerprint density at radius 2 is 2.08 bits per heavy atom. The second-order valence-electron chi connectivity index (χ2n) is 6.71. The zero-order chi connectivity index (χ0) is 18.7. The quantitative estimate of drug-likeness (QED) is 0.685. The number of esters is 1. The van der Waals surface area contributed by atoms with Crippen molar-refractivity contribution >= 4 is 27.5 Å². The molecule has 0 saturated carbocycles. The fourth-order valence-corrected chi connectivity index (χ4v) is 5.10. The van der Waals surface area contributed by atoms with E-state index in [1.54, 1.807) is 25.4 Å². The van der Waals surface area contributed by atoms with Crippen molar-refractivity contribution in [2.75, 3.05) is 43.1 Å². The predicted molar refractivity (Wildman–Crippen MR) is 95.8 cm³/mol. The van der Waals surface area contributed by atoms with Crippen LogP contribution < -0.4 is 4.90 Å². The van der Waals surface area contributed by atoms with E-state index >= 15 is 0 Å². The summed E-state index contributed by atoms with van der Waals surface area (Å²) in [5, 5.41) is 0. The van der Waals surface area contributed by atoms with Gasteiger partial charge in [0.1, 0.15) is 11.4 Å². The van der Waals surface area contributed by atoms with Crippen LogP contribution in [-0.2, 0) is 19.4 Å². The molecule has 3 heterocycles. The van der Waals surface area contributed by atoms with Crippen LogP contribution >= 0.6 is 0 Å². The number of aromatic nitrogens is 1. The van der Waals surface area contributed by atoms with Gasteiger partial charge in [0.2, 0.25) is 0 Å². The standard InChI is InChI=1S/C17H23N3O5S/c1-19(13-6-10-26(23,24)12-13)15(21)11-25-17(22)14-5-4-7-18-16(14)20-8-2-3-9-20/h4-5,7,13H,2-3,6,8-12H2,1H3/t13-/m0/s1. The van der Waals surface area contributed by atoms with Crippen LogP contribution in [0.2, 0.25) is 0 Å². The second kappa shape index (κ2) is 7.61. The molecule has 1 atom stereocenters. The maximum Gasteiger partial charge on any atom is 0.342 e. The maximum absolute atomic E-state index is 12.4. The average Bonchev–Trinajstić information content (AvgIpc) is 3.28. The molecule has 2 fully saturated rings. The van der Waals surface area contributed by atoms with Crippen LogP contribution in [0.15, 0.2) is 18.3 Å². The van der Waals surface area contributed by atoms with Gasteiger partial charge in [0.05, 0.1) is 11.5 Å². The van der Waals surface area contributed by atoms with E-state index in [-0.39, 0.29) is 17.5 Å². The first-order valence-corrected chi connectivity index (χ1v) is 10.5. The van der Waals surface area contributed by atoms with E-state index in [1.165, 1.54) is 4.90 Å². The zero-order valence-electron chi connectivity index (χ0n) is 14.8. The fraction of sp³-hybridized carbons (Fsp3) is 0.588. The molecule has 0 aromatic carbocycles. The van der Waals surface area contributed by atoms with Crippen LogP contribution in [0.4, 0.5) is 5.82 Å². The molecule has 1 amide bonds. The molecule has 0 unspecified atom stereocenters. The number of carbonyl (C=O) groups is 2. The van der Waals surface area contributed by atoms with Gasteiger partial charge < -0.3 is 14.5 Å². The van der Waals surface area contributed by atoms with Crippen LogP contribution in [0.5, 0.6) is 0 Å². The Kier molecular flexibility index (Phi) is 5.45. The highest BCUT2D eigenvalue weighted by Crippen LogP contribution is 2.22. The molecule has 0 radical (unpaired) electrons. The fourth-order valence-electron chi connectivity index (χ4n) is 3.33. The van der Waals surface area contributed by atoms with E-state index < -0.39 is 28.3 Å². The van der Waals surface area contributed by atoms with E-state index in [4.69, 9.17) is 4.74 Å². The first-order chi connectivity index (χ1) is 12.4. The zero-order valence-corrected chi connectivity index (χ0v) is 15.6. The molecule has 142 valence electrons. The van der Waals surface area contributed by atoms with Crippen LogP contribution in [0, 0.1) is 0 Å². The molecular weight excluding hydrogens is 358 g/mol. The summed E-state index contributed by atoms with van der Waals surface area (Å²) in [5.41, 5.74) is 0.341. The largest absolute Gasteiger partial charge is 0.452 e. The van der Waals surface area contributed by atoms with E-state index in [2.05, 4.69) is 4.98 Å². The van der Waals surface area contributed by atoms with Crippen molar-refractivity contribution in [2.45, 2.75) is 25.3 Å². The Morgan fingerprint density at radius 1 is 1.35 bits per heavy atom. The van der Waals surface area contributed by atoms with Crippen LogP contribution in [0.1, 0.15) is 29.6 Å². The lowest BCUT2D eigenvalue weighted by Gasteiger charge is -2.23. The number of anilines is 1. The number of carbonyl (C=O) groups excluding carboxylic acids is 2. The van der Waals surface area contributed by atoms with E-state index in [0.29, 0.717) is 17.8 Å². The third-order valence-electron chi connectivity index (χ3n) is 4.89. The molecule has 0 N–H and O–H groups in total. The average molecular weight is 381 g/mol. The SMILES string of the molecule is CN(C(=O)COC(=O)c1cccnc1N1CCCC1)[C@H]1CCS(=O)(=O)C1. The van der Waals surface area contributed by atoms with Gasteiger partial charge in [-0.05, 0) is 31.4 Å². The molecule has 2 aliphatic rings. The smallest absolute Gasteiger partial charge is 0.342 e. The number of nitrogens with zero attached hydrogens (tertiary/aromatic N) is 3. The van der Waals surface area contributed by atoms with Crippen molar-refractivity contribution in [1.29, 1.82) is 0 Å². The summed E-state index contributed by atoms with van der Waals surface area (Å²) in [6, 6.07) is 2.94. The Bertz CT molecular complexity index is 789. The highest BCUT2D eigenvalue weighted by Gasteiger charge is 2.33. The Labute approximate surface area is 153 Å². The molecular formula is C17H23N3O5S. The van der Waals surface area contributed by atoms with Gasteiger partial charge in [0.25, 0.3) is 5.91 Å². The van der Waals surface area contributed by atoms with E-state index in [1.807, 2.05) is 4.90 Å². The second-order valence-corrected chi connectivity index (χ2v) is 8.94. The summed E-state index contributed by atoms with van der Waals surface area (Å²) in [5.74, 6) is -0.375. The van der Waals surface area contributed by atoms with E-state index in [0.717, 1.165) is 25.9 Å². The third-order valence-corrected chi connectivity index (χ3v) is 6.64. The molecule has 1 aromatic rings. The van der Waals surface area contributed by atoms with Gasteiger partial charge in [-0.15, -0.1) is 0 Å². The molecule has 2 aliphatic heterocycles. The molecule has 3 rings (SSSR count). The Balaban J connectivity index is 1.60. The van der Waals surface area contributed by atoms with Crippen LogP contribution in [0.3, 0.4) is 0 Å². The van der Waals surface area contributed by atoms with Crippen molar-refractivity contribution in [3.8, 4) is 0 Å².